The highest BCUT2D eigenvalue weighted by Gasteiger charge is 2.32. The molecule has 5 heteroatoms. The zero-order valence-electron chi connectivity index (χ0n) is 13.0. The van der Waals surface area contributed by atoms with E-state index in [1.165, 1.54) is 4.90 Å². The predicted octanol–water partition coefficient (Wildman–Crippen LogP) is 3.91. The lowest BCUT2D eigenvalue weighted by Gasteiger charge is -2.32. The summed E-state index contributed by atoms with van der Waals surface area (Å²) < 4.78 is 43.1. The fourth-order valence-corrected chi connectivity index (χ4v) is 2.79. The quantitative estimate of drug-likeness (QED) is 0.821. The lowest BCUT2D eigenvalue weighted by Crippen LogP contribution is -2.38. The van der Waals surface area contributed by atoms with Gasteiger partial charge in [0, 0.05) is 13.1 Å². The molecule has 118 valence electrons. The molecule has 0 aromatic heterocycles. The largest absolute Gasteiger partial charge is 0.496 e. The summed E-state index contributed by atoms with van der Waals surface area (Å²) in [4.78, 5) is 1.46. The third-order valence-corrected chi connectivity index (χ3v) is 3.82. The van der Waals surface area contributed by atoms with E-state index in [2.05, 4.69) is 20.8 Å². The molecule has 2 rings (SSSR count). The van der Waals surface area contributed by atoms with Crippen molar-refractivity contribution in [1.82, 2.24) is 4.90 Å². The smallest absolute Gasteiger partial charge is 0.401 e. The zero-order valence-corrected chi connectivity index (χ0v) is 13.0. The Labute approximate surface area is 123 Å². The SMILES string of the molecule is COc1cc2c(cc1C(C)(C)C)CN(CC(F)(F)F)CC2. The fraction of sp³-hybridized carbons (Fsp3) is 0.625. The monoisotopic (exact) mass is 301 g/mol. The number of rotatable bonds is 2. The van der Waals surface area contributed by atoms with Gasteiger partial charge in [0.15, 0.2) is 0 Å². The number of benzene rings is 1. The number of alkyl halides is 3. The molecule has 0 saturated heterocycles. The number of methoxy groups -OCH3 is 1. The molecule has 1 aliphatic rings. The minimum atomic E-state index is -4.14. The Morgan fingerprint density at radius 3 is 2.33 bits per heavy atom. The molecule has 0 N–H and O–H groups in total. The Morgan fingerprint density at radius 2 is 1.81 bits per heavy atom. The Kier molecular flexibility index (Phi) is 4.24. The second-order valence-corrected chi connectivity index (χ2v) is 6.65. The van der Waals surface area contributed by atoms with E-state index in [4.69, 9.17) is 4.74 Å². The first-order chi connectivity index (χ1) is 9.60. The van der Waals surface area contributed by atoms with E-state index in [-0.39, 0.29) is 5.41 Å². The normalized spacial score (nSPS) is 16.7. The third-order valence-electron chi connectivity index (χ3n) is 3.82. The van der Waals surface area contributed by atoms with Crippen molar-refractivity contribution in [3.8, 4) is 5.75 Å². The summed E-state index contributed by atoms with van der Waals surface area (Å²) in [6, 6.07) is 4.00. The van der Waals surface area contributed by atoms with Crippen LogP contribution >= 0.6 is 0 Å². The summed E-state index contributed by atoms with van der Waals surface area (Å²) in [6.07, 6.45) is -3.51. The van der Waals surface area contributed by atoms with E-state index in [1.807, 2.05) is 12.1 Å². The van der Waals surface area contributed by atoms with Gasteiger partial charge >= 0.3 is 6.18 Å². The highest BCUT2D eigenvalue weighted by Crippen LogP contribution is 2.36. The topological polar surface area (TPSA) is 12.5 Å². The maximum Gasteiger partial charge on any atom is 0.401 e. The van der Waals surface area contributed by atoms with Crippen molar-refractivity contribution in [2.24, 2.45) is 0 Å². The number of ether oxygens (including phenoxy) is 1. The molecule has 0 spiro atoms. The maximum atomic E-state index is 12.5. The molecule has 0 bridgehead atoms. The highest BCUT2D eigenvalue weighted by atomic mass is 19.4. The molecule has 1 aliphatic heterocycles. The lowest BCUT2D eigenvalue weighted by atomic mass is 9.83. The number of halogens is 3. The van der Waals surface area contributed by atoms with Gasteiger partial charge in [-0.2, -0.15) is 13.2 Å². The molecule has 1 heterocycles. The van der Waals surface area contributed by atoms with Gasteiger partial charge in [0.2, 0.25) is 0 Å². The van der Waals surface area contributed by atoms with E-state index in [0.717, 1.165) is 22.4 Å². The first-order valence-electron chi connectivity index (χ1n) is 7.09. The van der Waals surface area contributed by atoms with Crippen molar-refractivity contribution in [3.63, 3.8) is 0 Å². The summed E-state index contributed by atoms with van der Waals surface area (Å²) in [5.74, 6) is 0.825. The molecular weight excluding hydrogens is 279 g/mol. The molecule has 2 nitrogen and oxygen atoms in total. The summed E-state index contributed by atoms with van der Waals surface area (Å²) in [5, 5.41) is 0. The Bertz CT molecular complexity index is 517. The van der Waals surface area contributed by atoms with Gasteiger partial charge in [-0.15, -0.1) is 0 Å². The standard InChI is InChI=1S/C16H22F3NO/c1-15(2,3)13-7-12-9-20(10-16(17,18)19)6-5-11(12)8-14(13)21-4/h7-8H,5-6,9-10H2,1-4H3. The minimum absolute atomic E-state index is 0.104. The Morgan fingerprint density at radius 1 is 1.14 bits per heavy atom. The number of fused-ring (bicyclic) bond motifs is 1. The van der Waals surface area contributed by atoms with Gasteiger partial charge in [-0.25, -0.2) is 0 Å². The Hall–Kier alpha value is -1.23. The van der Waals surface area contributed by atoms with Crippen LogP contribution in [0.3, 0.4) is 0 Å². The van der Waals surface area contributed by atoms with Gasteiger partial charge in [-0.05, 0) is 34.6 Å². The Balaban J connectivity index is 2.31. The molecular formula is C16H22F3NO. The van der Waals surface area contributed by atoms with Gasteiger partial charge < -0.3 is 4.74 Å². The van der Waals surface area contributed by atoms with Crippen molar-refractivity contribution in [1.29, 1.82) is 0 Å². The van der Waals surface area contributed by atoms with Crippen LogP contribution in [0.4, 0.5) is 13.2 Å². The summed E-state index contributed by atoms with van der Waals surface area (Å²) in [6.45, 7) is 6.17. The molecule has 0 atom stereocenters. The number of nitrogens with zero attached hydrogens (tertiary/aromatic N) is 1. The van der Waals surface area contributed by atoms with Crippen LogP contribution in [-0.2, 0) is 18.4 Å². The molecule has 0 saturated carbocycles. The van der Waals surface area contributed by atoms with Crippen LogP contribution in [0.25, 0.3) is 0 Å². The van der Waals surface area contributed by atoms with Gasteiger partial charge in [-0.1, -0.05) is 26.8 Å². The van der Waals surface area contributed by atoms with E-state index < -0.39 is 12.7 Å². The molecule has 0 radical (unpaired) electrons. The molecule has 0 unspecified atom stereocenters. The van der Waals surface area contributed by atoms with Gasteiger partial charge in [-0.3, -0.25) is 4.90 Å². The van der Waals surface area contributed by atoms with Crippen molar-refractivity contribution >= 4 is 0 Å². The van der Waals surface area contributed by atoms with E-state index >= 15 is 0 Å². The minimum Gasteiger partial charge on any atom is -0.496 e. The van der Waals surface area contributed by atoms with E-state index in [0.29, 0.717) is 19.5 Å². The van der Waals surface area contributed by atoms with Gasteiger partial charge in [0.25, 0.3) is 0 Å². The van der Waals surface area contributed by atoms with Gasteiger partial charge in [0.1, 0.15) is 5.75 Å². The second-order valence-electron chi connectivity index (χ2n) is 6.65. The van der Waals surface area contributed by atoms with Crippen molar-refractivity contribution in [2.75, 3.05) is 20.2 Å². The molecule has 0 amide bonds. The van der Waals surface area contributed by atoms with Crippen LogP contribution in [0.1, 0.15) is 37.5 Å². The fourth-order valence-electron chi connectivity index (χ4n) is 2.79. The average Bonchev–Trinajstić information content (AvgIpc) is 2.34. The number of hydrogen-bond acceptors (Lipinski definition) is 2. The van der Waals surface area contributed by atoms with Crippen molar-refractivity contribution < 1.29 is 17.9 Å². The first-order valence-corrected chi connectivity index (χ1v) is 7.09. The molecule has 1 aromatic rings. The van der Waals surface area contributed by atoms with Crippen LogP contribution in [0.5, 0.6) is 5.75 Å². The summed E-state index contributed by atoms with van der Waals surface area (Å²) >= 11 is 0. The van der Waals surface area contributed by atoms with Crippen LogP contribution in [0.2, 0.25) is 0 Å². The van der Waals surface area contributed by atoms with Gasteiger partial charge in [0.05, 0.1) is 13.7 Å². The molecule has 0 fully saturated rings. The van der Waals surface area contributed by atoms with Crippen LogP contribution < -0.4 is 4.74 Å². The van der Waals surface area contributed by atoms with Crippen molar-refractivity contribution in [2.45, 2.75) is 45.3 Å². The van der Waals surface area contributed by atoms with Crippen LogP contribution in [0.15, 0.2) is 12.1 Å². The van der Waals surface area contributed by atoms with Crippen LogP contribution in [-0.4, -0.2) is 31.3 Å². The first kappa shape index (κ1) is 16.1. The maximum absolute atomic E-state index is 12.5. The van der Waals surface area contributed by atoms with E-state index in [1.54, 1.807) is 7.11 Å². The molecule has 21 heavy (non-hydrogen) atoms. The summed E-state index contributed by atoms with van der Waals surface area (Å²) in [5.41, 5.74) is 3.01. The number of hydrogen-bond donors (Lipinski definition) is 0. The lowest BCUT2D eigenvalue weighted by molar-refractivity contribution is -0.147. The third kappa shape index (κ3) is 3.90. The average molecular weight is 301 g/mol. The van der Waals surface area contributed by atoms with E-state index in [9.17, 15) is 13.2 Å². The summed E-state index contributed by atoms with van der Waals surface area (Å²) in [7, 11) is 1.63. The highest BCUT2D eigenvalue weighted by molar-refractivity contribution is 5.46. The molecule has 0 aliphatic carbocycles. The second kappa shape index (κ2) is 5.52. The van der Waals surface area contributed by atoms with Crippen molar-refractivity contribution in [3.05, 3.63) is 28.8 Å². The zero-order chi connectivity index (χ0) is 15.8. The molecule has 1 aromatic carbocycles. The van der Waals surface area contributed by atoms with Crippen LogP contribution in [0, 0.1) is 0 Å². The predicted molar refractivity (Wildman–Crippen MR) is 76.7 cm³/mol.